The number of ether oxygens (including phenoxy) is 2. The molecule has 5 rings (SSSR count). The largest absolute Gasteiger partial charge is 0.451 e. The molecule has 15 heteroatoms. The molecule has 0 spiro atoms. The Bertz CT molecular complexity index is 1650. The van der Waals surface area contributed by atoms with Crippen molar-refractivity contribution < 1.29 is 32.2 Å². The van der Waals surface area contributed by atoms with Crippen molar-refractivity contribution in [1.82, 2.24) is 9.58 Å². The van der Waals surface area contributed by atoms with Crippen LogP contribution in [0.1, 0.15) is 54.0 Å². The molecule has 2 aromatic carbocycles. The molecule has 2 aliphatic rings. The van der Waals surface area contributed by atoms with E-state index in [1.165, 1.54) is 22.6 Å². The molecule has 2 aliphatic heterocycles. The van der Waals surface area contributed by atoms with Crippen LogP contribution in [-0.2, 0) is 15.3 Å². The van der Waals surface area contributed by atoms with E-state index in [0.717, 1.165) is 34.6 Å². The summed E-state index contributed by atoms with van der Waals surface area (Å²) in [6, 6.07) is 10.1. The number of rotatable bonds is 7. The zero-order valence-corrected chi connectivity index (χ0v) is 26.8. The van der Waals surface area contributed by atoms with Gasteiger partial charge in [0.05, 0.1) is 6.04 Å². The van der Waals surface area contributed by atoms with Crippen molar-refractivity contribution >= 4 is 47.6 Å². The number of carbonyl (C=O) groups is 2. The predicted molar refractivity (Wildman–Crippen MR) is 166 cm³/mol. The van der Waals surface area contributed by atoms with Crippen molar-refractivity contribution in [2.75, 3.05) is 18.5 Å². The summed E-state index contributed by atoms with van der Waals surface area (Å²) in [6.07, 6.45) is -3.45. The molecule has 2 N–H and O–H groups in total. The first-order chi connectivity index (χ1) is 20.8. The van der Waals surface area contributed by atoms with Crippen LogP contribution in [0.25, 0.3) is 0 Å². The number of fused-ring (bicyclic) bond motifs is 3. The first-order valence-electron chi connectivity index (χ1n) is 13.8. The Hall–Kier alpha value is -3.39. The van der Waals surface area contributed by atoms with Crippen LogP contribution in [0.2, 0.25) is 5.02 Å². The molecule has 0 bridgehead atoms. The van der Waals surface area contributed by atoms with E-state index < -0.39 is 66.5 Å². The summed E-state index contributed by atoms with van der Waals surface area (Å²) < 4.78 is 54.4. The van der Waals surface area contributed by atoms with Gasteiger partial charge in [0.15, 0.2) is 5.69 Å². The molecular weight excluding hydrogens is 656 g/mol. The lowest BCUT2D eigenvalue weighted by atomic mass is 9.94. The molecule has 9 nitrogen and oxygen atoms in total. The Morgan fingerprint density at radius 1 is 1.09 bits per heavy atom. The normalized spacial score (nSPS) is 17.4. The maximum atomic E-state index is 14.2. The quantitative estimate of drug-likeness (QED) is 0.257. The van der Waals surface area contributed by atoms with E-state index in [2.05, 4.69) is 0 Å². The van der Waals surface area contributed by atoms with Gasteiger partial charge in [0.25, 0.3) is 5.91 Å². The van der Waals surface area contributed by atoms with Crippen molar-refractivity contribution in [3.63, 3.8) is 0 Å². The number of amides is 1. The first-order valence-corrected chi connectivity index (χ1v) is 15.1. The van der Waals surface area contributed by atoms with Gasteiger partial charge in [-0.05, 0) is 41.7 Å². The fraction of sp³-hybridized carbons (Fsp3) is 0.367. The second kappa shape index (κ2) is 13.5. The van der Waals surface area contributed by atoms with Crippen LogP contribution in [0, 0.1) is 5.92 Å². The molecule has 0 saturated heterocycles. The molecular formula is C30H31Cl2F3N4O5S. The van der Waals surface area contributed by atoms with Crippen molar-refractivity contribution in [2.45, 2.75) is 55.7 Å². The average Bonchev–Trinajstić information content (AvgIpc) is 3.15. The Kier molecular flexibility index (Phi) is 10.4. The summed E-state index contributed by atoms with van der Waals surface area (Å²) in [4.78, 5) is 40.7. The van der Waals surface area contributed by atoms with Gasteiger partial charge in [0.1, 0.15) is 18.8 Å². The van der Waals surface area contributed by atoms with E-state index in [1.54, 1.807) is 31.0 Å². The van der Waals surface area contributed by atoms with Crippen LogP contribution < -0.4 is 20.9 Å². The number of nitrogens with zero attached hydrogens (tertiary/aromatic N) is 3. The molecule has 1 amide bonds. The molecule has 0 saturated carbocycles. The number of benzene rings is 2. The molecule has 3 atom stereocenters. The van der Waals surface area contributed by atoms with Gasteiger partial charge in [-0.1, -0.05) is 55.8 Å². The zero-order valence-electron chi connectivity index (χ0n) is 24.4. The molecule has 0 radical (unpaired) electrons. The molecule has 0 fully saturated rings. The lowest BCUT2D eigenvalue weighted by molar-refractivity contribution is -0.173. The molecule has 45 heavy (non-hydrogen) atoms. The molecule has 242 valence electrons. The van der Waals surface area contributed by atoms with Crippen molar-refractivity contribution in [3.05, 3.63) is 92.4 Å². The maximum Gasteiger partial charge on any atom is 0.408 e. The molecule has 0 unspecified atom stereocenters. The van der Waals surface area contributed by atoms with Crippen molar-refractivity contribution in [1.29, 1.82) is 0 Å². The Labute approximate surface area is 272 Å². The Morgan fingerprint density at radius 2 is 1.78 bits per heavy atom. The summed E-state index contributed by atoms with van der Waals surface area (Å²) in [5.74, 6) is -2.18. The predicted octanol–water partition coefficient (Wildman–Crippen LogP) is 5.48. The highest BCUT2D eigenvalue weighted by Gasteiger charge is 2.48. The lowest BCUT2D eigenvalue weighted by Gasteiger charge is -2.46. The van der Waals surface area contributed by atoms with E-state index >= 15 is 0 Å². The van der Waals surface area contributed by atoms with Crippen LogP contribution >= 0.6 is 35.8 Å². The summed E-state index contributed by atoms with van der Waals surface area (Å²) >= 11 is 8.17. The number of esters is 1. The second-order valence-corrected chi connectivity index (χ2v) is 12.2. The minimum atomic E-state index is -4.78. The number of hydrogen-bond donors (Lipinski definition) is 1. The fourth-order valence-corrected chi connectivity index (χ4v) is 6.61. The lowest BCUT2D eigenvalue weighted by Crippen LogP contribution is -2.60. The van der Waals surface area contributed by atoms with E-state index in [9.17, 15) is 27.6 Å². The van der Waals surface area contributed by atoms with Gasteiger partial charge in [-0.3, -0.25) is 24.1 Å². The number of nitrogens with two attached hydrogens (primary N) is 1. The van der Waals surface area contributed by atoms with Gasteiger partial charge in [-0.15, -0.1) is 24.2 Å². The maximum absolute atomic E-state index is 14.2. The smallest absolute Gasteiger partial charge is 0.408 e. The van der Waals surface area contributed by atoms with Gasteiger partial charge in [0.2, 0.25) is 18.0 Å². The van der Waals surface area contributed by atoms with E-state index in [1.807, 2.05) is 30.3 Å². The number of pyridine rings is 1. The highest BCUT2D eigenvalue weighted by Crippen LogP contribution is 2.45. The van der Waals surface area contributed by atoms with Gasteiger partial charge in [-0.2, -0.15) is 13.2 Å². The standard InChI is InChI=1S/C30H30ClF3N4O5S.ClH/c1-16(2)24(35)29(41)43-15-42-27-22(39)11-12-37-26(27)28(40)36(17(3)30(32,33)34)14-38(37)25-18-8-6-9-21(31)20(18)13-44-23-10-5-4-7-19(23)25;/h4-12,16-17,24-25H,13-15,35H2,1-3H3;1H/t17-,24-,25+;/m1./s1. The summed E-state index contributed by atoms with van der Waals surface area (Å²) in [5.41, 5.74) is 6.89. The van der Waals surface area contributed by atoms with Gasteiger partial charge in [-0.25, -0.2) is 0 Å². The monoisotopic (exact) mass is 686 g/mol. The van der Waals surface area contributed by atoms with Crippen LogP contribution in [0.5, 0.6) is 5.75 Å². The Balaban J connectivity index is 0.00000461. The topological polar surface area (TPSA) is 107 Å². The van der Waals surface area contributed by atoms with Crippen molar-refractivity contribution in [2.24, 2.45) is 11.7 Å². The van der Waals surface area contributed by atoms with Gasteiger partial charge in [0, 0.05) is 27.9 Å². The van der Waals surface area contributed by atoms with E-state index in [-0.39, 0.29) is 18.3 Å². The zero-order chi connectivity index (χ0) is 31.9. The third-order valence-corrected chi connectivity index (χ3v) is 9.21. The highest BCUT2D eigenvalue weighted by molar-refractivity contribution is 7.98. The highest BCUT2D eigenvalue weighted by atomic mass is 35.5. The third-order valence-electron chi connectivity index (χ3n) is 7.74. The number of halogens is 5. The van der Waals surface area contributed by atoms with Crippen LogP contribution in [0.3, 0.4) is 0 Å². The summed E-state index contributed by atoms with van der Waals surface area (Å²) in [5, 5.41) is 2.07. The summed E-state index contributed by atoms with van der Waals surface area (Å²) in [7, 11) is 0. The SMILES string of the molecule is CC(C)[C@@H](N)C(=O)OCOc1c2n(ccc1=O)N([C@@H]1c3ccccc3SCc3c(Cl)cccc31)CN([C@H](C)C(F)(F)F)C2=O.Cl. The van der Waals surface area contributed by atoms with Gasteiger partial charge >= 0.3 is 12.1 Å². The number of thioether (sulfide) groups is 1. The number of aromatic nitrogens is 1. The van der Waals surface area contributed by atoms with Crippen LogP contribution in [0.4, 0.5) is 13.2 Å². The second-order valence-electron chi connectivity index (χ2n) is 10.8. The fourth-order valence-electron chi connectivity index (χ4n) is 5.14. The molecule has 0 aliphatic carbocycles. The van der Waals surface area contributed by atoms with Gasteiger partial charge < -0.3 is 20.1 Å². The van der Waals surface area contributed by atoms with Crippen LogP contribution in [0.15, 0.2) is 64.4 Å². The van der Waals surface area contributed by atoms with Crippen molar-refractivity contribution in [3.8, 4) is 5.75 Å². The van der Waals surface area contributed by atoms with E-state index in [0.29, 0.717) is 15.7 Å². The molecule has 3 heterocycles. The summed E-state index contributed by atoms with van der Waals surface area (Å²) in [6.45, 7) is 3.04. The first kappa shape index (κ1) is 34.5. The number of hydrogen-bond acceptors (Lipinski definition) is 8. The number of alkyl halides is 3. The molecule has 3 aromatic rings. The van der Waals surface area contributed by atoms with E-state index in [4.69, 9.17) is 26.8 Å². The number of carbonyl (C=O) groups excluding carboxylic acids is 2. The average molecular weight is 688 g/mol. The Morgan fingerprint density at radius 3 is 2.47 bits per heavy atom. The minimum Gasteiger partial charge on any atom is -0.451 e. The molecule has 1 aromatic heterocycles. The minimum absolute atomic E-state index is 0. The van der Waals surface area contributed by atoms with Crippen LogP contribution in [-0.4, -0.2) is 53.2 Å². The third kappa shape index (κ3) is 6.62.